The molecule has 2 aromatic heterocycles. The highest BCUT2D eigenvalue weighted by Crippen LogP contribution is 2.12. The van der Waals surface area contributed by atoms with Crippen molar-refractivity contribution in [1.82, 2.24) is 19.6 Å². The summed E-state index contributed by atoms with van der Waals surface area (Å²) >= 11 is 0. The molecule has 0 spiro atoms. The lowest BCUT2D eigenvalue weighted by Crippen LogP contribution is -2.41. The smallest absolute Gasteiger partial charge is 0.258 e. The predicted octanol–water partition coefficient (Wildman–Crippen LogP) is 1.61. The van der Waals surface area contributed by atoms with Crippen LogP contribution in [0.3, 0.4) is 0 Å². The molecule has 22 heavy (non-hydrogen) atoms. The van der Waals surface area contributed by atoms with E-state index in [0.717, 1.165) is 49.4 Å². The maximum Gasteiger partial charge on any atom is 0.258 e. The van der Waals surface area contributed by atoms with E-state index < -0.39 is 0 Å². The van der Waals surface area contributed by atoms with Crippen LogP contribution in [0, 0.1) is 6.92 Å². The van der Waals surface area contributed by atoms with Crippen molar-refractivity contribution < 1.29 is 0 Å². The van der Waals surface area contributed by atoms with Gasteiger partial charge in [-0.1, -0.05) is 6.07 Å². The van der Waals surface area contributed by atoms with Gasteiger partial charge in [-0.25, -0.2) is 4.98 Å². The maximum absolute atomic E-state index is 12.2. The van der Waals surface area contributed by atoms with Crippen LogP contribution in [-0.2, 0) is 6.54 Å². The van der Waals surface area contributed by atoms with Crippen molar-refractivity contribution in [2.24, 2.45) is 0 Å². The molecule has 0 amide bonds. The molecule has 0 unspecified atom stereocenters. The topological polar surface area (TPSA) is 49.6 Å². The minimum atomic E-state index is 0. The van der Waals surface area contributed by atoms with E-state index >= 15 is 0 Å². The third-order valence-corrected chi connectivity index (χ3v) is 4.24. The van der Waals surface area contributed by atoms with Gasteiger partial charge in [0.1, 0.15) is 5.65 Å². The number of hydrogen-bond acceptors (Lipinski definition) is 4. The first-order valence-corrected chi connectivity index (χ1v) is 7.54. The Morgan fingerprint density at radius 3 is 2.73 bits per heavy atom. The molecule has 120 valence electrons. The molecule has 2 aromatic rings. The molecule has 5 nitrogen and oxygen atoms in total. The molecular formula is C16H23ClN4O. The normalized spacial score (nSPS) is 16.6. The largest absolute Gasteiger partial charge is 0.317 e. The van der Waals surface area contributed by atoms with Gasteiger partial charge in [-0.3, -0.25) is 14.1 Å². The number of aromatic nitrogens is 2. The van der Waals surface area contributed by atoms with Crippen LogP contribution in [0.5, 0.6) is 0 Å². The van der Waals surface area contributed by atoms with Crippen LogP contribution in [0.15, 0.2) is 29.2 Å². The van der Waals surface area contributed by atoms with Crippen molar-refractivity contribution in [2.45, 2.75) is 32.4 Å². The fourth-order valence-electron chi connectivity index (χ4n) is 2.95. The number of fused-ring (bicyclic) bond motifs is 1. The fourth-order valence-corrected chi connectivity index (χ4v) is 2.95. The zero-order valence-electron chi connectivity index (χ0n) is 13.1. The molecule has 3 heterocycles. The van der Waals surface area contributed by atoms with Crippen LogP contribution < -0.4 is 10.9 Å². The highest BCUT2D eigenvalue weighted by Gasteiger charge is 2.18. The summed E-state index contributed by atoms with van der Waals surface area (Å²) < 4.78 is 1.62. The Bertz CT molecular complexity index is 692. The zero-order valence-corrected chi connectivity index (χ0v) is 13.9. The quantitative estimate of drug-likeness (QED) is 0.932. The van der Waals surface area contributed by atoms with Gasteiger partial charge in [0.25, 0.3) is 5.56 Å². The summed E-state index contributed by atoms with van der Waals surface area (Å²) in [7, 11) is 2.02. The summed E-state index contributed by atoms with van der Waals surface area (Å²) in [5, 5.41) is 3.33. The standard InChI is InChI=1S/C16H22N4O.ClH/c1-12-3-4-15-18-14(9-16(21)20(15)10-12)11-19-7-5-13(17-2)6-8-19;/h3-4,9-10,13,17H,5-8,11H2,1-2H3;1H. The van der Waals surface area contributed by atoms with Crippen LogP contribution >= 0.6 is 12.4 Å². The van der Waals surface area contributed by atoms with Crippen LogP contribution in [0.2, 0.25) is 0 Å². The van der Waals surface area contributed by atoms with Gasteiger partial charge in [-0.15, -0.1) is 12.4 Å². The minimum absolute atomic E-state index is 0. The highest BCUT2D eigenvalue weighted by atomic mass is 35.5. The molecule has 6 heteroatoms. The molecule has 0 atom stereocenters. The predicted molar refractivity (Wildman–Crippen MR) is 90.8 cm³/mol. The van der Waals surface area contributed by atoms with Crippen molar-refractivity contribution >= 4 is 18.1 Å². The number of nitrogens with one attached hydrogen (secondary N) is 1. The van der Waals surface area contributed by atoms with Gasteiger partial charge in [0, 0.05) is 37.9 Å². The third-order valence-electron chi connectivity index (χ3n) is 4.24. The first-order valence-electron chi connectivity index (χ1n) is 7.54. The number of aryl methyl sites for hydroxylation is 1. The average Bonchev–Trinajstić information content (AvgIpc) is 2.49. The Kier molecular flexibility index (Phi) is 5.56. The van der Waals surface area contributed by atoms with Crippen LogP contribution in [0.25, 0.3) is 5.65 Å². The Labute approximate surface area is 136 Å². The number of piperidine rings is 1. The molecule has 0 radical (unpaired) electrons. The minimum Gasteiger partial charge on any atom is -0.317 e. The summed E-state index contributed by atoms with van der Waals surface area (Å²) in [6.45, 7) is 4.85. The molecule has 3 rings (SSSR count). The van der Waals surface area contributed by atoms with E-state index in [1.54, 1.807) is 10.5 Å². The maximum atomic E-state index is 12.2. The van der Waals surface area contributed by atoms with Gasteiger partial charge in [0.05, 0.1) is 5.69 Å². The first-order chi connectivity index (χ1) is 10.2. The molecule has 0 saturated carbocycles. The van der Waals surface area contributed by atoms with E-state index in [4.69, 9.17) is 0 Å². The van der Waals surface area contributed by atoms with E-state index in [1.807, 2.05) is 32.3 Å². The van der Waals surface area contributed by atoms with Crippen molar-refractivity contribution in [3.8, 4) is 0 Å². The van der Waals surface area contributed by atoms with E-state index in [0.29, 0.717) is 6.04 Å². The van der Waals surface area contributed by atoms with Gasteiger partial charge in [0.2, 0.25) is 0 Å². The lowest BCUT2D eigenvalue weighted by Gasteiger charge is -2.31. The van der Waals surface area contributed by atoms with Gasteiger partial charge >= 0.3 is 0 Å². The molecule has 0 aliphatic carbocycles. The van der Waals surface area contributed by atoms with Gasteiger partial charge in [0.15, 0.2) is 0 Å². The van der Waals surface area contributed by atoms with Crippen LogP contribution in [-0.4, -0.2) is 40.5 Å². The lowest BCUT2D eigenvalue weighted by molar-refractivity contribution is 0.192. The monoisotopic (exact) mass is 322 g/mol. The summed E-state index contributed by atoms with van der Waals surface area (Å²) in [6.07, 6.45) is 4.15. The summed E-state index contributed by atoms with van der Waals surface area (Å²) in [5.41, 5.74) is 2.66. The Balaban J connectivity index is 0.00000176. The summed E-state index contributed by atoms with van der Waals surface area (Å²) in [4.78, 5) is 19.2. The number of pyridine rings is 1. The molecule has 1 saturated heterocycles. The number of hydrogen-bond donors (Lipinski definition) is 1. The Morgan fingerprint density at radius 2 is 2.05 bits per heavy atom. The second-order valence-corrected chi connectivity index (χ2v) is 5.86. The number of rotatable bonds is 3. The van der Waals surface area contributed by atoms with Gasteiger partial charge in [-0.2, -0.15) is 0 Å². The Hall–Kier alpha value is -1.43. The number of likely N-dealkylation sites (tertiary alicyclic amines) is 1. The van der Waals surface area contributed by atoms with E-state index in [-0.39, 0.29) is 18.0 Å². The van der Waals surface area contributed by atoms with Crippen molar-refractivity contribution in [3.63, 3.8) is 0 Å². The summed E-state index contributed by atoms with van der Waals surface area (Å²) in [6, 6.07) is 6.19. The first kappa shape index (κ1) is 16.9. The Morgan fingerprint density at radius 1 is 1.32 bits per heavy atom. The molecule has 1 aliphatic heterocycles. The fraction of sp³-hybridized carbons (Fsp3) is 0.500. The molecule has 0 bridgehead atoms. The molecule has 1 fully saturated rings. The van der Waals surface area contributed by atoms with E-state index in [1.165, 1.54) is 0 Å². The SMILES string of the molecule is CNC1CCN(Cc2cc(=O)n3cc(C)ccc3n2)CC1.Cl. The molecular weight excluding hydrogens is 300 g/mol. The van der Waals surface area contributed by atoms with E-state index in [2.05, 4.69) is 15.2 Å². The summed E-state index contributed by atoms with van der Waals surface area (Å²) in [5.74, 6) is 0. The zero-order chi connectivity index (χ0) is 14.8. The average molecular weight is 323 g/mol. The highest BCUT2D eigenvalue weighted by molar-refractivity contribution is 5.85. The molecule has 1 aliphatic rings. The lowest BCUT2D eigenvalue weighted by atomic mass is 10.1. The number of halogens is 1. The van der Waals surface area contributed by atoms with Crippen molar-refractivity contribution in [2.75, 3.05) is 20.1 Å². The van der Waals surface area contributed by atoms with Gasteiger partial charge in [-0.05, 0) is 38.4 Å². The van der Waals surface area contributed by atoms with Gasteiger partial charge < -0.3 is 5.32 Å². The molecule has 1 N–H and O–H groups in total. The second kappa shape index (κ2) is 7.22. The van der Waals surface area contributed by atoms with Crippen LogP contribution in [0.1, 0.15) is 24.1 Å². The number of nitrogens with zero attached hydrogens (tertiary/aromatic N) is 3. The van der Waals surface area contributed by atoms with Crippen molar-refractivity contribution in [1.29, 1.82) is 0 Å². The molecule has 0 aromatic carbocycles. The third kappa shape index (κ3) is 3.66. The van der Waals surface area contributed by atoms with Crippen LogP contribution in [0.4, 0.5) is 0 Å². The van der Waals surface area contributed by atoms with Crippen molar-refractivity contribution in [3.05, 3.63) is 46.0 Å². The second-order valence-electron chi connectivity index (χ2n) is 5.86. The van der Waals surface area contributed by atoms with E-state index in [9.17, 15) is 4.79 Å².